The quantitative estimate of drug-likeness (QED) is 0.526. The zero-order valence-electron chi connectivity index (χ0n) is 19.6. The highest BCUT2D eigenvalue weighted by atomic mass is 16.5. The first-order valence-electron chi connectivity index (χ1n) is 12.3. The van der Waals surface area contributed by atoms with Crippen molar-refractivity contribution in [2.24, 2.45) is 17.3 Å². The Bertz CT molecular complexity index is 914. The van der Waals surface area contributed by atoms with Gasteiger partial charge in [0.25, 0.3) is 0 Å². The lowest BCUT2D eigenvalue weighted by atomic mass is 9.53. The summed E-state index contributed by atoms with van der Waals surface area (Å²) >= 11 is 0. The molecule has 6 atom stereocenters. The Balaban J connectivity index is 1.61. The Labute approximate surface area is 192 Å². The van der Waals surface area contributed by atoms with Gasteiger partial charge in [0, 0.05) is 31.6 Å². The van der Waals surface area contributed by atoms with Crippen LogP contribution in [0.2, 0.25) is 0 Å². The summed E-state index contributed by atoms with van der Waals surface area (Å²) in [5, 5.41) is 0. The largest absolute Gasteiger partial charge is 0.495 e. The Morgan fingerprint density at radius 2 is 2.00 bits per heavy atom. The number of aldehydes is 1. The molecule has 3 aliphatic carbocycles. The molecule has 2 fully saturated rings. The van der Waals surface area contributed by atoms with E-state index in [-0.39, 0.29) is 11.5 Å². The molecule has 0 radical (unpaired) electrons. The monoisotopic (exact) mass is 436 g/mol. The minimum Gasteiger partial charge on any atom is -0.495 e. The van der Waals surface area contributed by atoms with Crippen LogP contribution in [-0.2, 0) is 14.2 Å². The number of allylic oxidation sites excluding steroid dienone is 2. The molecule has 4 aliphatic rings. The Morgan fingerprint density at radius 3 is 2.72 bits per heavy atom. The maximum atomic E-state index is 11.3. The van der Waals surface area contributed by atoms with Gasteiger partial charge in [-0.1, -0.05) is 36.8 Å². The molecular formula is C28H36O4. The van der Waals surface area contributed by atoms with E-state index in [0.29, 0.717) is 30.5 Å². The van der Waals surface area contributed by atoms with E-state index in [4.69, 9.17) is 14.2 Å². The standard InChI is InChI=1S/C28H36O4/c1-4-31-26-12-11-25-22-10-9-20-16-32-21(17-30-3)13-23(20)27(22)24(14-28(25,26)2)19-7-5-18(15-29)6-8-19/h5-8,15-16,21-22,24-26H,4,9-14,17H2,1-3H3/t21?,22?,24-,25?,26-,28+/m1/s1. The molecule has 172 valence electrons. The van der Waals surface area contributed by atoms with E-state index in [1.54, 1.807) is 12.7 Å². The van der Waals surface area contributed by atoms with Crippen LogP contribution in [0, 0.1) is 17.3 Å². The normalized spacial score (nSPS) is 36.0. The molecular weight excluding hydrogens is 400 g/mol. The molecule has 4 heteroatoms. The molecule has 0 bridgehead atoms. The molecule has 2 saturated carbocycles. The van der Waals surface area contributed by atoms with Gasteiger partial charge in [0.2, 0.25) is 0 Å². The van der Waals surface area contributed by atoms with Crippen molar-refractivity contribution >= 4 is 6.29 Å². The summed E-state index contributed by atoms with van der Waals surface area (Å²) in [4.78, 5) is 11.3. The molecule has 4 nitrogen and oxygen atoms in total. The van der Waals surface area contributed by atoms with Crippen LogP contribution in [0.15, 0.2) is 47.2 Å². The third-order valence-corrected chi connectivity index (χ3v) is 8.72. The second-order valence-corrected chi connectivity index (χ2v) is 10.3. The summed E-state index contributed by atoms with van der Waals surface area (Å²) < 4.78 is 17.8. The first-order valence-corrected chi connectivity index (χ1v) is 12.3. The van der Waals surface area contributed by atoms with Crippen LogP contribution in [0.25, 0.3) is 0 Å². The number of carbonyl (C=O) groups excluding carboxylic acids is 1. The van der Waals surface area contributed by atoms with Crippen molar-refractivity contribution in [2.45, 2.75) is 70.5 Å². The van der Waals surface area contributed by atoms with Gasteiger partial charge in [-0.3, -0.25) is 4.79 Å². The van der Waals surface area contributed by atoms with Crippen LogP contribution in [0.4, 0.5) is 0 Å². The number of fused-ring (bicyclic) bond motifs is 4. The number of methoxy groups -OCH3 is 1. The van der Waals surface area contributed by atoms with Gasteiger partial charge in [0.15, 0.2) is 0 Å². The third kappa shape index (κ3) is 3.56. The maximum absolute atomic E-state index is 11.3. The fourth-order valence-corrected chi connectivity index (χ4v) is 7.33. The number of carbonyl (C=O) groups is 1. The molecule has 0 aromatic heterocycles. The first kappa shape index (κ1) is 21.9. The van der Waals surface area contributed by atoms with Gasteiger partial charge in [-0.25, -0.2) is 0 Å². The summed E-state index contributed by atoms with van der Waals surface area (Å²) in [6.07, 6.45) is 10.2. The van der Waals surface area contributed by atoms with E-state index in [1.807, 2.05) is 18.4 Å². The van der Waals surface area contributed by atoms with E-state index < -0.39 is 0 Å². The summed E-state index contributed by atoms with van der Waals surface area (Å²) in [5.74, 6) is 1.64. The van der Waals surface area contributed by atoms with Gasteiger partial charge in [0.05, 0.1) is 19.0 Å². The Kier molecular flexibility index (Phi) is 6.02. The number of hydrogen-bond donors (Lipinski definition) is 0. The van der Waals surface area contributed by atoms with E-state index in [1.165, 1.54) is 36.0 Å². The zero-order valence-corrected chi connectivity index (χ0v) is 19.6. The van der Waals surface area contributed by atoms with E-state index >= 15 is 0 Å². The number of hydrogen-bond acceptors (Lipinski definition) is 4. The summed E-state index contributed by atoms with van der Waals surface area (Å²) in [7, 11) is 1.75. The van der Waals surface area contributed by atoms with Crippen molar-refractivity contribution in [1.29, 1.82) is 0 Å². The van der Waals surface area contributed by atoms with Crippen LogP contribution in [0.5, 0.6) is 0 Å². The topological polar surface area (TPSA) is 44.8 Å². The predicted molar refractivity (Wildman–Crippen MR) is 125 cm³/mol. The molecule has 1 heterocycles. The fourth-order valence-electron chi connectivity index (χ4n) is 7.33. The predicted octanol–water partition coefficient (Wildman–Crippen LogP) is 5.83. The second kappa shape index (κ2) is 8.79. The zero-order chi connectivity index (χ0) is 22.3. The molecule has 0 saturated heterocycles. The van der Waals surface area contributed by atoms with Crippen LogP contribution in [-0.4, -0.2) is 38.8 Å². The van der Waals surface area contributed by atoms with Gasteiger partial charge in [0.1, 0.15) is 12.4 Å². The highest BCUT2D eigenvalue weighted by Gasteiger charge is 2.57. The van der Waals surface area contributed by atoms with Crippen molar-refractivity contribution < 1.29 is 19.0 Å². The number of benzene rings is 1. The van der Waals surface area contributed by atoms with Crippen molar-refractivity contribution in [3.8, 4) is 0 Å². The van der Waals surface area contributed by atoms with E-state index in [0.717, 1.165) is 37.7 Å². The lowest BCUT2D eigenvalue weighted by Gasteiger charge is -2.52. The molecule has 32 heavy (non-hydrogen) atoms. The van der Waals surface area contributed by atoms with Gasteiger partial charge in [-0.15, -0.1) is 0 Å². The molecule has 5 rings (SSSR count). The van der Waals surface area contributed by atoms with E-state index in [9.17, 15) is 4.79 Å². The van der Waals surface area contributed by atoms with Crippen LogP contribution < -0.4 is 0 Å². The van der Waals surface area contributed by atoms with Crippen LogP contribution in [0.1, 0.15) is 74.2 Å². The Hall–Kier alpha value is -1.91. The highest BCUT2D eigenvalue weighted by Crippen LogP contribution is 2.64. The molecule has 0 amide bonds. The molecule has 0 N–H and O–H groups in total. The smallest absolute Gasteiger partial charge is 0.150 e. The highest BCUT2D eigenvalue weighted by molar-refractivity contribution is 5.74. The first-order chi connectivity index (χ1) is 15.6. The van der Waals surface area contributed by atoms with Crippen LogP contribution in [0.3, 0.4) is 0 Å². The van der Waals surface area contributed by atoms with Crippen molar-refractivity contribution in [3.63, 3.8) is 0 Å². The third-order valence-electron chi connectivity index (χ3n) is 8.72. The lowest BCUT2D eigenvalue weighted by Crippen LogP contribution is -2.46. The maximum Gasteiger partial charge on any atom is 0.150 e. The van der Waals surface area contributed by atoms with E-state index in [2.05, 4.69) is 26.0 Å². The summed E-state index contributed by atoms with van der Waals surface area (Å²) in [5.41, 5.74) is 6.83. The fraction of sp³-hybridized carbons (Fsp3) is 0.607. The summed E-state index contributed by atoms with van der Waals surface area (Å²) in [6, 6.07) is 8.31. The second-order valence-electron chi connectivity index (χ2n) is 10.3. The van der Waals surface area contributed by atoms with Gasteiger partial charge < -0.3 is 14.2 Å². The Morgan fingerprint density at radius 1 is 1.19 bits per heavy atom. The average molecular weight is 437 g/mol. The van der Waals surface area contributed by atoms with Gasteiger partial charge in [-0.2, -0.15) is 0 Å². The van der Waals surface area contributed by atoms with Crippen LogP contribution >= 0.6 is 0 Å². The van der Waals surface area contributed by atoms with Gasteiger partial charge in [-0.05, 0) is 73.0 Å². The minimum atomic E-state index is 0.0937. The molecule has 3 unspecified atom stereocenters. The lowest BCUT2D eigenvalue weighted by molar-refractivity contribution is -0.0487. The average Bonchev–Trinajstić information content (AvgIpc) is 3.15. The van der Waals surface area contributed by atoms with Crippen molar-refractivity contribution in [2.75, 3.05) is 20.3 Å². The molecule has 1 aromatic rings. The summed E-state index contributed by atoms with van der Waals surface area (Å²) in [6.45, 7) is 6.02. The number of rotatable bonds is 6. The molecule has 1 aromatic carbocycles. The molecule has 1 aliphatic heterocycles. The van der Waals surface area contributed by atoms with Gasteiger partial charge >= 0.3 is 0 Å². The number of ether oxygens (including phenoxy) is 3. The minimum absolute atomic E-state index is 0.0937. The SMILES string of the molecule is CCO[C@@H]1CCC2C3CCC4=COC(COC)CC4=C3[C@@H](c3ccc(C=O)cc3)C[C@@]21C. The van der Waals surface area contributed by atoms with Crippen molar-refractivity contribution in [1.82, 2.24) is 0 Å². The molecule has 0 spiro atoms. The van der Waals surface area contributed by atoms with Crippen molar-refractivity contribution in [3.05, 3.63) is 58.4 Å².